The number of rotatable bonds is 4. The fraction of sp³-hybridized carbons (Fsp3) is 0.235. The molecule has 0 bridgehead atoms. The van der Waals surface area contributed by atoms with Crippen LogP contribution in [0, 0.1) is 0 Å². The lowest BCUT2D eigenvalue weighted by molar-refractivity contribution is -0.107. The zero-order chi connectivity index (χ0) is 15.4. The van der Waals surface area contributed by atoms with Crippen molar-refractivity contribution >= 4 is 34.9 Å². The number of halogens is 1. The second kappa shape index (κ2) is 6.64. The molecule has 0 N–H and O–H groups in total. The molecule has 0 unspecified atom stereocenters. The third-order valence-corrected chi connectivity index (χ3v) is 3.55. The van der Waals surface area contributed by atoms with E-state index in [1.807, 2.05) is 26.0 Å². The molecular formula is C17H16ClNO2. The predicted octanol–water partition coefficient (Wildman–Crippen LogP) is 3.80. The highest BCUT2D eigenvalue weighted by Crippen LogP contribution is 2.17. The second-order valence-corrected chi connectivity index (χ2v) is 5.34. The quantitative estimate of drug-likeness (QED) is 0.807. The Kier molecular flexibility index (Phi) is 4.86. The monoisotopic (exact) mass is 301 g/mol. The molecule has 1 aromatic heterocycles. The van der Waals surface area contributed by atoms with E-state index < -0.39 is 0 Å². The standard InChI is InChI=1S/C17H16ClNO2/c1-3-12-4-5-16-15(9-13(18)10-19-16)17(21)14(12)8-11(2)6-7-20/h4-5,7-10H,3,6H2,1-2H3/b11-8+. The molecule has 0 saturated carbocycles. The van der Waals surface area contributed by atoms with Gasteiger partial charge in [-0.1, -0.05) is 36.2 Å². The molecular weight excluding hydrogens is 286 g/mol. The highest BCUT2D eigenvalue weighted by Gasteiger charge is 2.08. The summed E-state index contributed by atoms with van der Waals surface area (Å²) in [7, 11) is 0. The largest absolute Gasteiger partial charge is 0.303 e. The SMILES string of the molecule is CCc1ccc2ncc(Cl)cc2c(=O)c1/C=C(\C)CC=O. The average molecular weight is 302 g/mol. The highest BCUT2D eigenvalue weighted by atomic mass is 35.5. The number of fused-ring (bicyclic) bond motifs is 1. The Bertz CT molecular complexity index is 781. The van der Waals surface area contributed by atoms with Crippen molar-refractivity contribution in [2.45, 2.75) is 26.7 Å². The maximum Gasteiger partial charge on any atom is 0.195 e. The number of hydrogen-bond donors (Lipinski definition) is 0. The minimum absolute atomic E-state index is 0.105. The fourth-order valence-electron chi connectivity index (χ4n) is 2.23. The van der Waals surface area contributed by atoms with Crippen LogP contribution in [0.4, 0.5) is 0 Å². The van der Waals surface area contributed by atoms with Gasteiger partial charge in [-0.15, -0.1) is 0 Å². The molecule has 1 heterocycles. The van der Waals surface area contributed by atoms with Gasteiger partial charge < -0.3 is 4.79 Å². The van der Waals surface area contributed by atoms with Crippen LogP contribution in [0.2, 0.25) is 5.02 Å². The van der Waals surface area contributed by atoms with Gasteiger partial charge in [-0.2, -0.15) is 0 Å². The zero-order valence-corrected chi connectivity index (χ0v) is 12.8. The van der Waals surface area contributed by atoms with E-state index in [0.29, 0.717) is 27.9 Å². The van der Waals surface area contributed by atoms with Gasteiger partial charge in [-0.05, 0) is 31.0 Å². The molecule has 1 aromatic carbocycles. The Labute approximate surface area is 128 Å². The van der Waals surface area contributed by atoms with E-state index in [-0.39, 0.29) is 5.43 Å². The summed E-state index contributed by atoms with van der Waals surface area (Å²) < 4.78 is 0. The first-order chi connectivity index (χ1) is 10.1. The van der Waals surface area contributed by atoms with Crippen LogP contribution in [-0.2, 0) is 11.2 Å². The van der Waals surface area contributed by atoms with Crippen molar-refractivity contribution in [1.82, 2.24) is 4.98 Å². The number of carbonyl (C=O) groups excluding carboxylic acids is 1. The van der Waals surface area contributed by atoms with Crippen LogP contribution in [0.1, 0.15) is 31.4 Å². The molecule has 0 spiro atoms. The fourth-order valence-corrected chi connectivity index (χ4v) is 2.39. The summed E-state index contributed by atoms with van der Waals surface area (Å²) in [6.07, 6.45) is 5.20. The summed E-state index contributed by atoms with van der Waals surface area (Å²) in [6, 6.07) is 5.38. The maximum atomic E-state index is 12.8. The molecule has 4 heteroatoms. The number of pyridine rings is 1. The van der Waals surface area contributed by atoms with Crippen molar-refractivity contribution in [3.05, 3.63) is 56.3 Å². The Balaban J connectivity index is 2.84. The van der Waals surface area contributed by atoms with E-state index in [1.54, 1.807) is 12.1 Å². The van der Waals surface area contributed by atoms with E-state index in [0.717, 1.165) is 23.8 Å². The van der Waals surface area contributed by atoms with Crippen LogP contribution in [0.15, 0.2) is 34.8 Å². The lowest BCUT2D eigenvalue weighted by atomic mass is 10.0. The van der Waals surface area contributed by atoms with Gasteiger partial charge in [-0.3, -0.25) is 9.78 Å². The average Bonchev–Trinajstić information content (AvgIpc) is 2.58. The first-order valence-corrected chi connectivity index (χ1v) is 7.17. The minimum atomic E-state index is -0.105. The smallest absolute Gasteiger partial charge is 0.195 e. The van der Waals surface area contributed by atoms with Gasteiger partial charge in [0.25, 0.3) is 0 Å². The molecule has 21 heavy (non-hydrogen) atoms. The van der Waals surface area contributed by atoms with E-state index in [1.165, 1.54) is 6.20 Å². The van der Waals surface area contributed by atoms with E-state index in [9.17, 15) is 9.59 Å². The first-order valence-electron chi connectivity index (χ1n) is 6.79. The topological polar surface area (TPSA) is 47.0 Å². The Hall–Kier alpha value is -2.00. The van der Waals surface area contributed by atoms with E-state index >= 15 is 0 Å². The minimum Gasteiger partial charge on any atom is -0.303 e. The summed E-state index contributed by atoms with van der Waals surface area (Å²) in [5.74, 6) is 0. The lowest BCUT2D eigenvalue weighted by Crippen LogP contribution is -2.06. The van der Waals surface area contributed by atoms with Crippen molar-refractivity contribution in [1.29, 1.82) is 0 Å². The van der Waals surface area contributed by atoms with Crippen molar-refractivity contribution in [3.63, 3.8) is 0 Å². The molecule has 0 fully saturated rings. The molecule has 0 atom stereocenters. The Morgan fingerprint density at radius 2 is 2.14 bits per heavy atom. The summed E-state index contributed by atoms with van der Waals surface area (Å²) >= 11 is 5.95. The predicted molar refractivity (Wildman–Crippen MR) is 86.7 cm³/mol. The summed E-state index contributed by atoms with van der Waals surface area (Å²) in [5.41, 5.74) is 2.90. The van der Waals surface area contributed by atoms with Crippen LogP contribution >= 0.6 is 11.6 Å². The normalized spacial score (nSPS) is 11.7. The number of aldehydes is 1. The molecule has 0 amide bonds. The third-order valence-electron chi connectivity index (χ3n) is 3.34. The highest BCUT2D eigenvalue weighted by molar-refractivity contribution is 6.31. The van der Waals surface area contributed by atoms with Crippen molar-refractivity contribution in [3.8, 4) is 0 Å². The molecule has 3 nitrogen and oxygen atoms in total. The number of allylic oxidation sites excluding steroid dienone is 1. The number of aryl methyl sites for hydroxylation is 1. The summed E-state index contributed by atoms with van der Waals surface area (Å²) in [5, 5.41) is 0.927. The maximum absolute atomic E-state index is 12.8. The van der Waals surface area contributed by atoms with Gasteiger partial charge >= 0.3 is 0 Å². The lowest BCUT2D eigenvalue weighted by Gasteiger charge is -2.00. The molecule has 2 aromatic rings. The van der Waals surface area contributed by atoms with Crippen LogP contribution in [0.3, 0.4) is 0 Å². The zero-order valence-electron chi connectivity index (χ0n) is 12.0. The van der Waals surface area contributed by atoms with Crippen LogP contribution < -0.4 is 5.43 Å². The Morgan fingerprint density at radius 3 is 2.81 bits per heavy atom. The molecule has 0 aliphatic carbocycles. The Morgan fingerprint density at radius 1 is 1.38 bits per heavy atom. The second-order valence-electron chi connectivity index (χ2n) is 4.90. The molecule has 108 valence electrons. The summed E-state index contributed by atoms with van der Waals surface area (Å²) in [6.45, 7) is 3.83. The van der Waals surface area contributed by atoms with Crippen LogP contribution in [0.5, 0.6) is 0 Å². The van der Waals surface area contributed by atoms with Gasteiger partial charge in [0.15, 0.2) is 5.43 Å². The van der Waals surface area contributed by atoms with Gasteiger partial charge in [0.1, 0.15) is 6.29 Å². The number of aromatic nitrogens is 1. The van der Waals surface area contributed by atoms with Crippen molar-refractivity contribution < 1.29 is 4.79 Å². The molecule has 0 aliphatic rings. The van der Waals surface area contributed by atoms with Crippen LogP contribution in [-0.4, -0.2) is 11.3 Å². The number of carbonyl (C=O) groups is 1. The van der Waals surface area contributed by atoms with E-state index in [4.69, 9.17) is 11.6 Å². The van der Waals surface area contributed by atoms with Gasteiger partial charge in [-0.25, -0.2) is 0 Å². The van der Waals surface area contributed by atoms with Crippen molar-refractivity contribution in [2.24, 2.45) is 0 Å². The third kappa shape index (κ3) is 3.37. The number of nitrogens with zero attached hydrogens (tertiary/aromatic N) is 1. The van der Waals surface area contributed by atoms with E-state index in [2.05, 4.69) is 4.98 Å². The molecule has 0 radical (unpaired) electrons. The van der Waals surface area contributed by atoms with Crippen LogP contribution in [0.25, 0.3) is 17.0 Å². The van der Waals surface area contributed by atoms with Gasteiger partial charge in [0.05, 0.1) is 10.5 Å². The van der Waals surface area contributed by atoms with Crippen molar-refractivity contribution in [2.75, 3.05) is 0 Å². The van der Waals surface area contributed by atoms with Gasteiger partial charge in [0.2, 0.25) is 0 Å². The molecule has 0 aliphatic heterocycles. The molecule has 0 saturated heterocycles. The molecule has 2 rings (SSSR count). The number of hydrogen-bond acceptors (Lipinski definition) is 3. The van der Waals surface area contributed by atoms with Gasteiger partial charge in [0, 0.05) is 23.6 Å². The summed E-state index contributed by atoms with van der Waals surface area (Å²) in [4.78, 5) is 27.6. The first kappa shape index (κ1) is 15.4.